The summed E-state index contributed by atoms with van der Waals surface area (Å²) in [5.41, 5.74) is -1.05. The largest absolute Gasteiger partial charge is 0.481 e. The molecule has 2 unspecified atom stereocenters. The van der Waals surface area contributed by atoms with Gasteiger partial charge in [-0.15, -0.1) is 0 Å². The van der Waals surface area contributed by atoms with Crippen molar-refractivity contribution in [2.24, 2.45) is 0 Å². The number of benzene rings is 2. The van der Waals surface area contributed by atoms with Crippen LogP contribution >= 0.6 is 0 Å². The fraction of sp³-hybridized carbons (Fsp3) is 0.227. The Bertz CT molecular complexity index is 1030. The van der Waals surface area contributed by atoms with Crippen molar-refractivity contribution < 1.29 is 33.2 Å². The number of aliphatic carboxylic acids is 1. The maximum Gasteiger partial charge on any atom is 0.348 e. The molecule has 31 heavy (non-hydrogen) atoms. The molecule has 0 radical (unpaired) electrons. The lowest BCUT2D eigenvalue weighted by molar-refractivity contribution is -0.160. The maximum atomic E-state index is 14.1. The molecule has 2 aromatic carbocycles. The van der Waals surface area contributed by atoms with Crippen LogP contribution in [0.3, 0.4) is 0 Å². The fourth-order valence-electron chi connectivity index (χ4n) is 3.28. The number of rotatable bonds is 9. The second-order valence-corrected chi connectivity index (χ2v) is 6.39. The SMILES string of the molecule is COc1cc(OC)nc(OC(C(=O)O)C(OC)(c2ccccc2)c2cccc(F)c2)n1. The van der Waals surface area contributed by atoms with E-state index in [4.69, 9.17) is 18.9 Å². The molecule has 0 fully saturated rings. The highest BCUT2D eigenvalue weighted by molar-refractivity contribution is 5.76. The van der Waals surface area contributed by atoms with Crippen LogP contribution in [0.5, 0.6) is 17.8 Å². The predicted molar refractivity (Wildman–Crippen MR) is 108 cm³/mol. The van der Waals surface area contributed by atoms with E-state index in [1.165, 1.54) is 45.6 Å². The van der Waals surface area contributed by atoms with Crippen LogP contribution in [0.1, 0.15) is 11.1 Å². The number of hydrogen-bond donors (Lipinski definition) is 1. The molecule has 8 nitrogen and oxygen atoms in total. The van der Waals surface area contributed by atoms with E-state index in [1.807, 2.05) is 0 Å². The summed E-state index contributed by atoms with van der Waals surface area (Å²) in [6.07, 6.45) is -1.70. The summed E-state index contributed by atoms with van der Waals surface area (Å²) in [7, 11) is 4.09. The van der Waals surface area contributed by atoms with Crippen molar-refractivity contribution in [2.75, 3.05) is 21.3 Å². The summed E-state index contributed by atoms with van der Waals surface area (Å²) in [5, 5.41) is 10.1. The normalized spacial score (nSPS) is 13.7. The highest BCUT2D eigenvalue weighted by atomic mass is 19.1. The first-order valence-electron chi connectivity index (χ1n) is 9.17. The van der Waals surface area contributed by atoms with Gasteiger partial charge in [0.1, 0.15) is 5.82 Å². The lowest BCUT2D eigenvalue weighted by atomic mass is 9.81. The third-order valence-corrected chi connectivity index (χ3v) is 4.67. The zero-order valence-corrected chi connectivity index (χ0v) is 17.1. The van der Waals surface area contributed by atoms with Crippen molar-refractivity contribution in [2.45, 2.75) is 11.7 Å². The van der Waals surface area contributed by atoms with Gasteiger partial charge in [-0.2, -0.15) is 9.97 Å². The topological polar surface area (TPSA) is 100 Å². The molecule has 9 heteroatoms. The van der Waals surface area contributed by atoms with Crippen LogP contribution < -0.4 is 14.2 Å². The summed E-state index contributed by atoms with van der Waals surface area (Å²) >= 11 is 0. The molecule has 0 aliphatic carbocycles. The Morgan fingerprint density at radius 1 is 0.935 bits per heavy atom. The molecular weight excluding hydrogens is 407 g/mol. The first-order valence-corrected chi connectivity index (χ1v) is 9.17. The van der Waals surface area contributed by atoms with Gasteiger partial charge < -0.3 is 24.1 Å². The quantitative estimate of drug-likeness (QED) is 0.555. The second kappa shape index (κ2) is 9.40. The molecule has 162 valence electrons. The van der Waals surface area contributed by atoms with E-state index in [9.17, 15) is 14.3 Å². The van der Waals surface area contributed by atoms with Gasteiger partial charge in [0.2, 0.25) is 17.9 Å². The Morgan fingerprint density at radius 2 is 1.55 bits per heavy atom. The van der Waals surface area contributed by atoms with Crippen LogP contribution in [0.25, 0.3) is 0 Å². The average molecular weight is 428 g/mol. The van der Waals surface area contributed by atoms with Gasteiger partial charge in [-0.3, -0.25) is 0 Å². The molecule has 1 aromatic heterocycles. The number of methoxy groups -OCH3 is 3. The monoisotopic (exact) mass is 428 g/mol. The molecule has 1 heterocycles. The Morgan fingerprint density at radius 3 is 2.06 bits per heavy atom. The van der Waals surface area contributed by atoms with Crippen LogP contribution in [0, 0.1) is 5.82 Å². The van der Waals surface area contributed by atoms with Crippen molar-refractivity contribution in [3.63, 3.8) is 0 Å². The summed E-state index contributed by atoms with van der Waals surface area (Å²) in [5.74, 6) is -1.71. The number of hydrogen-bond acceptors (Lipinski definition) is 7. The van der Waals surface area contributed by atoms with Gasteiger partial charge in [0.25, 0.3) is 0 Å². The number of halogens is 1. The number of carboxylic acid groups (broad SMARTS) is 1. The van der Waals surface area contributed by atoms with Crippen molar-refractivity contribution in [1.29, 1.82) is 0 Å². The molecule has 0 spiro atoms. The lowest BCUT2D eigenvalue weighted by Crippen LogP contribution is -2.50. The minimum Gasteiger partial charge on any atom is -0.481 e. The van der Waals surface area contributed by atoms with E-state index in [0.29, 0.717) is 5.56 Å². The molecule has 3 aromatic rings. The molecule has 3 rings (SSSR count). The van der Waals surface area contributed by atoms with Crippen molar-refractivity contribution in [3.8, 4) is 17.8 Å². The summed E-state index contributed by atoms with van der Waals surface area (Å²) < 4.78 is 35.9. The second-order valence-electron chi connectivity index (χ2n) is 6.39. The van der Waals surface area contributed by atoms with E-state index in [-0.39, 0.29) is 23.3 Å². The average Bonchev–Trinajstić information content (AvgIpc) is 2.79. The van der Waals surface area contributed by atoms with Gasteiger partial charge in [-0.1, -0.05) is 42.5 Å². The van der Waals surface area contributed by atoms with Gasteiger partial charge in [0, 0.05) is 7.11 Å². The van der Waals surface area contributed by atoms with Crippen LogP contribution in [0.15, 0.2) is 60.7 Å². The lowest BCUT2D eigenvalue weighted by Gasteiger charge is -2.37. The maximum absolute atomic E-state index is 14.1. The summed E-state index contributed by atoms with van der Waals surface area (Å²) in [6.45, 7) is 0. The molecule has 0 saturated carbocycles. The molecule has 2 atom stereocenters. The molecule has 0 bridgehead atoms. The molecular formula is C22H21FN2O6. The van der Waals surface area contributed by atoms with Gasteiger partial charge in [-0.05, 0) is 23.3 Å². The van der Waals surface area contributed by atoms with Gasteiger partial charge >= 0.3 is 12.0 Å². The summed E-state index contributed by atoms with van der Waals surface area (Å²) in [6, 6.07) is 15.1. The Balaban J connectivity index is 2.21. The number of ether oxygens (including phenoxy) is 4. The van der Waals surface area contributed by atoms with E-state index in [2.05, 4.69) is 9.97 Å². The molecule has 0 aliphatic heterocycles. The number of aromatic nitrogens is 2. The predicted octanol–water partition coefficient (Wildman–Crippen LogP) is 3.06. The number of carboxylic acids is 1. The van der Waals surface area contributed by atoms with Crippen LogP contribution in [0.4, 0.5) is 4.39 Å². The summed E-state index contributed by atoms with van der Waals surface area (Å²) in [4.78, 5) is 20.5. The smallest absolute Gasteiger partial charge is 0.348 e. The fourth-order valence-corrected chi connectivity index (χ4v) is 3.28. The number of nitrogens with zero attached hydrogens (tertiary/aromatic N) is 2. The molecule has 0 amide bonds. The van der Waals surface area contributed by atoms with E-state index in [1.54, 1.807) is 36.4 Å². The Kier molecular flexibility index (Phi) is 6.66. The molecule has 0 saturated heterocycles. The third-order valence-electron chi connectivity index (χ3n) is 4.67. The minimum absolute atomic E-state index is 0.111. The van der Waals surface area contributed by atoms with Crippen LogP contribution in [0.2, 0.25) is 0 Å². The van der Waals surface area contributed by atoms with E-state index >= 15 is 0 Å². The Labute approximate surface area is 178 Å². The van der Waals surface area contributed by atoms with Crippen LogP contribution in [-0.4, -0.2) is 48.5 Å². The van der Waals surface area contributed by atoms with Crippen molar-refractivity contribution >= 4 is 5.97 Å². The first-order chi connectivity index (χ1) is 14.9. The zero-order chi connectivity index (χ0) is 22.4. The van der Waals surface area contributed by atoms with E-state index in [0.717, 1.165) is 0 Å². The Hall–Kier alpha value is -3.72. The van der Waals surface area contributed by atoms with Crippen molar-refractivity contribution in [3.05, 3.63) is 77.6 Å². The van der Waals surface area contributed by atoms with Gasteiger partial charge in [0.05, 0.1) is 20.3 Å². The highest BCUT2D eigenvalue weighted by Crippen LogP contribution is 2.39. The molecule has 1 N–H and O–H groups in total. The van der Waals surface area contributed by atoms with E-state index < -0.39 is 23.5 Å². The third kappa shape index (κ3) is 4.41. The van der Waals surface area contributed by atoms with Gasteiger partial charge in [-0.25, -0.2) is 9.18 Å². The highest BCUT2D eigenvalue weighted by Gasteiger charge is 2.49. The molecule has 0 aliphatic rings. The minimum atomic E-state index is -1.73. The standard InChI is InChI=1S/C22H21FN2O6/c1-28-17-13-18(29-2)25-21(24-17)31-19(20(26)27)22(30-3,14-8-5-4-6-9-14)15-10-7-11-16(23)12-15/h4-13,19H,1-3H3,(H,26,27). The zero-order valence-electron chi connectivity index (χ0n) is 17.1. The van der Waals surface area contributed by atoms with Crippen LogP contribution in [-0.2, 0) is 15.1 Å². The van der Waals surface area contributed by atoms with Crippen molar-refractivity contribution in [1.82, 2.24) is 9.97 Å². The number of carbonyl (C=O) groups is 1. The first kappa shape index (κ1) is 22.0. The van der Waals surface area contributed by atoms with Gasteiger partial charge in [0.15, 0.2) is 5.60 Å².